The Morgan fingerprint density at radius 1 is 0.667 bits per heavy atom. The van der Waals surface area contributed by atoms with Crippen molar-refractivity contribution < 1.29 is 0 Å². The van der Waals surface area contributed by atoms with Gasteiger partial charge in [-0.25, -0.2) is 0 Å². The molecular formula is C18H26. The molecule has 0 bridgehead atoms. The van der Waals surface area contributed by atoms with Gasteiger partial charge >= 0.3 is 0 Å². The Morgan fingerprint density at radius 2 is 1.28 bits per heavy atom. The molecule has 0 saturated carbocycles. The van der Waals surface area contributed by atoms with E-state index >= 15 is 0 Å². The first-order chi connectivity index (χ1) is 8.91. The Hall–Kier alpha value is -1.56. The smallest absolute Gasteiger partial charge is 0.0169 e. The maximum atomic E-state index is 3.62. The van der Waals surface area contributed by atoms with Crippen LogP contribution in [0.4, 0.5) is 0 Å². The molecule has 0 nitrogen and oxygen atoms in total. The van der Waals surface area contributed by atoms with Crippen LogP contribution in [-0.2, 0) is 0 Å². The van der Waals surface area contributed by atoms with Gasteiger partial charge in [-0.15, -0.1) is 0 Å². The maximum Gasteiger partial charge on any atom is -0.0169 e. The van der Waals surface area contributed by atoms with E-state index in [1.165, 1.54) is 0 Å². The molecule has 18 heavy (non-hydrogen) atoms. The Morgan fingerprint density at radius 3 is 1.94 bits per heavy atom. The number of allylic oxidation sites excluding steroid dienone is 11. The Labute approximate surface area is 113 Å². The molecule has 0 aliphatic heterocycles. The minimum atomic E-state index is 1.04. The molecule has 0 heteroatoms. The van der Waals surface area contributed by atoms with Crippen LogP contribution in [0.2, 0.25) is 0 Å². The van der Waals surface area contributed by atoms with Crippen molar-refractivity contribution >= 4 is 0 Å². The van der Waals surface area contributed by atoms with Crippen molar-refractivity contribution in [3.8, 4) is 0 Å². The van der Waals surface area contributed by atoms with Gasteiger partial charge < -0.3 is 0 Å². The molecule has 0 radical (unpaired) electrons. The average molecular weight is 242 g/mol. The fraction of sp³-hybridized carbons (Fsp3) is 0.333. The SMILES string of the molecule is C=CC=CC=CCC/C=C\C/C=C\C/C=C\CC. The predicted molar refractivity (Wildman–Crippen MR) is 84.7 cm³/mol. The fourth-order valence-electron chi connectivity index (χ4n) is 1.34. The summed E-state index contributed by atoms with van der Waals surface area (Å²) < 4.78 is 0. The van der Waals surface area contributed by atoms with Crippen LogP contribution in [0.25, 0.3) is 0 Å². The van der Waals surface area contributed by atoms with Gasteiger partial charge in [-0.3, -0.25) is 0 Å². The highest BCUT2D eigenvalue weighted by molar-refractivity contribution is 5.09. The predicted octanol–water partition coefficient (Wildman–Crippen LogP) is 5.92. The fourth-order valence-corrected chi connectivity index (χ4v) is 1.34. The molecule has 0 amide bonds. The number of hydrogen-bond donors (Lipinski definition) is 0. The zero-order valence-electron chi connectivity index (χ0n) is 11.6. The van der Waals surface area contributed by atoms with E-state index in [0.717, 1.165) is 32.1 Å². The van der Waals surface area contributed by atoms with E-state index in [0.29, 0.717) is 0 Å². The van der Waals surface area contributed by atoms with Crippen LogP contribution < -0.4 is 0 Å². The number of rotatable bonds is 10. The highest BCUT2D eigenvalue weighted by atomic mass is 13.8. The van der Waals surface area contributed by atoms with Crippen LogP contribution in [0.5, 0.6) is 0 Å². The maximum absolute atomic E-state index is 3.62. The molecule has 0 spiro atoms. The van der Waals surface area contributed by atoms with E-state index in [1.807, 2.05) is 12.2 Å². The summed E-state index contributed by atoms with van der Waals surface area (Å²) in [5, 5.41) is 0. The van der Waals surface area contributed by atoms with Crippen LogP contribution in [0, 0.1) is 0 Å². The van der Waals surface area contributed by atoms with Gasteiger partial charge in [0.15, 0.2) is 0 Å². The van der Waals surface area contributed by atoms with Crippen molar-refractivity contribution in [2.24, 2.45) is 0 Å². The summed E-state index contributed by atoms with van der Waals surface area (Å²) in [6.07, 6.45) is 28.7. The van der Waals surface area contributed by atoms with Crippen LogP contribution in [0.1, 0.15) is 39.0 Å². The topological polar surface area (TPSA) is 0 Å². The first kappa shape index (κ1) is 16.4. The second-order valence-corrected chi connectivity index (χ2v) is 3.92. The van der Waals surface area contributed by atoms with Crippen molar-refractivity contribution in [3.05, 3.63) is 73.4 Å². The van der Waals surface area contributed by atoms with E-state index in [2.05, 4.69) is 62.1 Å². The summed E-state index contributed by atoms with van der Waals surface area (Å²) in [5.41, 5.74) is 0. The lowest BCUT2D eigenvalue weighted by molar-refractivity contribution is 1.04. The van der Waals surface area contributed by atoms with Crippen molar-refractivity contribution in [2.75, 3.05) is 0 Å². The van der Waals surface area contributed by atoms with E-state index in [4.69, 9.17) is 0 Å². The third kappa shape index (κ3) is 14.4. The molecule has 0 aromatic heterocycles. The van der Waals surface area contributed by atoms with Gasteiger partial charge in [-0.2, -0.15) is 0 Å². The second kappa shape index (κ2) is 15.4. The van der Waals surface area contributed by atoms with Gasteiger partial charge in [-0.05, 0) is 32.1 Å². The Bertz CT molecular complexity index is 311. The van der Waals surface area contributed by atoms with E-state index in [-0.39, 0.29) is 0 Å². The van der Waals surface area contributed by atoms with Gasteiger partial charge in [-0.1, -0.05) is 80.3 Å². The molecule has 0 heterocycles. The number of unbranched alkanes of at least 4 members (excludes halogenated alkanes) is 1. The normalized spacial score (nSPS) is 12.9. The van der Waals surface area contributed by atoms with Crippen molar-refractivity contribution in [3.63, 3.8) is 0 Å². The average Bonchev–Trinajstić information content (AvgIpc) is 2.39. The lowest BCUT2D eigenvalue weighted by Gasteiger charge is -1.86. The van der Waals surface area contributed by atoms with Crippen LogP contribution in [0.15, 0.2) is 73.4 Å². The van der Waals surface area contributed by atoms with Crippen molar-refractivity contribution in [1.82, 2.24) is 0 Å². The lowest BCUT2D eigenvalue weighted by atomic mass is 10.2. The molecule has 0 fully saturated rings. The molecule has 0 atom stereocenters. The van der Waals surface area contributed by atoms with Gasteiger partial charge in [0.05, 0.1) is 0 Å². The summed E-state index contributed by atoms with van der Waals surface area (Å²) in [7, 11) is 0. The first-order valence-electron chi connectivity index (χ1n) is 6.81. The quantitative estimate of drug-likeness (QED) is 0.253. The summed E-state index contributed by atoms with van der Waals surface area (Å²) in [5.74, 6) is 0. The highest BCUT2D eigenvalue weighted by Crippen LogP contribution is 1.97. The molecule has 0 aromatic rings. The third-order valence-electron chi connectivity index (χ3n) is 2.27. The standard InChI is InChI=1S/C18H26/c1-3-5-7-9-11-13-15-17-18-16-14-12-10-8-6-4-2/h3,5-9,11-12,14,17-18H,1,4,10,13,15-16H2,2H3/b7-5?,8-6-,11-9?,14-12-,18-17-. The first-order valence-corrected chi connectivity index (χ1v) is 6.81. The summed E-state index contributed by atoms with van der Waals surface area (Å²) in [6, 6.07) is 0. The van der Waals surface area contributed by atoms with Gasteiger partial charge in [0, 0.05) is 0 Å². The molecule has 0 aromatic carbocycles. The molecule has 0 aliphatic rings. The summed E-state index contributed by atoms with van der Waals surface area (Å²) in [4.78, 5) is 0. The second-order valence-electron chi connectivity index (χ2n) is 3.92. The third-order valence-corrected chi connectivity index (χ3v) is 2.27. The summed E-state index contributed by atoms with van der Waals surface area (Å²) >= 11 is 0. The zero-order valence-corrected chi connectivity index (χ0v) is 11.6. The molecular weight excluding hydrogens is 216 g/mol. The molecule has 0 aliphatic carbocycles. The van der Waals surface area contributed by atoms with E-state index in [1.54, 1.807) is 6.08 Å². The molecule has 0 saturated heterocycles. The van der Waals surface area contributed by atoms with Crippen molar-refractivity contribution in [2.45, 2.75) is 39.0 Å². The summed E-state index contributed by atoms with van der Waals surface area (Å²) in [6.45, 7) is 5.77. The molecule has 0 rings (SSSR count). The van der Waals surface area contributed by atoms with Gasteiger partial charge in [0.1, 0.15) is 0 Å². The highest BCUT2D eigenvalue weighted by Gasteiger charge is 1.76. The molecule has 0 N–H and O–H groups in total. The van der Waals surface area contributed by atoms with Crippen LogP contribution in [-0.4, -0.2) is 0 Å². The minimum Gasteiger partial charge on any atom is -0.0991 e. The Kier molecular flexibility index (Phi) is 14.1. The zero-order chi connectivity index (χ0) is 13.3. The van der Waals surface area contributed by atoms with Gasteiger partial charge in [0.25, 0.3) is 0 Å². The minimum absolute atomic E-state index is 1.04. The van der Waals surface area contributed by atoms with Crippen LogP contribution >= 0.6 is 0 Å². The molecule has 0 unspecified atom stereocenters. The lowest BCUT2D eigenvalue weighted by Crippen LogP contribution is -1.65. The Balaban J connectivity index is 3.43. The largest absolute Gasteiger partial charge is 0.0991 e. The van der Waals surface area contributed by atoms with Gasteiger partial charge in [0.2, 0.25) is 0 Å². The monoisotopic (exact) mass is 242 g/mol. The number of hydrogen-bond acceptors (Lipinski definition) is 0. The van der Waals surface area contributed by atoms with E-state index < -0.39 is 0 Å². The van der Waals surface area contributed by atoms with E-state index in [9.17, 15) is 0 Å². The van der Waals surface area contributed by atoms with Crippen molar-refractivity contribution in [1.29, 1.82) is 0 Å². The molecule has 98 valence electrons. The van der Waals surface area contributed by atoms with Crippen LogP contribution in [0.3, 0.4) is 0 Å².